The molecule has 0 aliphatic carbocycles. The number of anilines is 2. The number of fused-ring (bicyclic) bond motifs is 1. The Labute approximate surface area is 103 Å². The van der Waals surface area contributed by atoms with Gasteiger partial charge in [0, 0.05) is 12.0 Å². The van der Waals surface area contributed by atoms with Gasteiger partial charge < -0.3 is 15.8 Å². The van der Waals surface area contributed by atoms with Crippen LogP contribution in [0, 0.1) is 0 Å². The van der Waals surface area contributed by atoms with Gasteiger partial charge in [0.05, 0.1) is 18.8 Å². The van der Waals surface area contributed by atoms with Crippen molar-refractivity contribution in [2.75, 3.05) is 17.7 Å². The summed E-state index contributed by atoms with van der Waals surface area (Å²) in [7, 11) is 0. The number of nitrogens with one attached hydrogen (secondary N) is 1. The zero-order valence-electron chi connectivity index (χ0n) is 9.22. The topological polar surface area (TPSA) is 60.2 Å². The lowest BCUT2D eigenvalue weighted by atomic mass is 10.0. The Morgan fingerprint density at radius 2 is 2.29 bits per heavy atom. The molecule has 0 radical (unpaired) electrons. The molecule has 17 heavy (non-hydrogen) atoms. The summed E-state index contributed by atoms with van der Waals surface area (Å²) in [6, 6.07) is 8.36. The van der Waals surface area contributed by atoms with Gasteiger partial charge in [0.15, 0.2) is 5.13 Å². The third kappa shape index (κ3) is 2.06. The summed E-state index contributed by atoms with van der Waals surface area (Å²) in [5.41, 5.74) is 6.86. The first-order valence-electron chi connectivity index (χ1n) is 5.52. The van der Waals surface area contributed by atoms with Crippen LogP contribution >= 0.6 is 11.3 Å². The lowest BCUT2D eigenvalue weighted by molar-refractivity contribution is 0.274. The number of para-hydroxylation sites is 1. The third-order valence-electron chi connectivity index (χ3n) is 2.78. The Morgan fingerprint density at radius 3 is 3.12 bits per heavy atom. The van der Waals surface area contributed by atoms with E-state index in [1.807, 2.05) is 18.2 Å². The van der Waals surface area contributed by atoms with E-state index in [2.05, 4.69) is 16.4 Å². The number of hydrogen-bond acceptors (Lipinski definition) is 5. The largest absolute Gasteiger partial charge is 0.493 e. The molecule has 1 aliphatic heterocycles. The van der Waals surface area contributed by atoms with E-state index in [0.717, 1.165) is 28.9 Å². The van der Waals surface area contributed by atoms with Crippen LogP contribution in [0.4, 0.5) is 10.1 Å². The fourth-order valence-corrected chi connectivity index (χ4v) is 2.63. The monoisotopic (exact) mass is 247 g/mol. The van der Waals surface area contributed by atoms with Gasteiger partial charge in [-0.05, 0) is 6.07 Å². The molecule has 1 aromatic carbocycles. The Bertz CT molecular complexity index is 526. The SMILES string of the molecule is Nc1cnc(NC2CCOc3ccccc32)s1. The first-order chi connectivity index (χ1) is 8.33. The van der Waals surface area contributed by atoms with E-state index < -0.39 is 0 Å². The van der Waals surface area contributed by atoms with Gasteiger partial charge in [-0.3, -0.25) is 0 Å². The zero-order chi connectivity index (χ0) is 11.7. The number of rotatable bonds is 2. The van der Waals surface area contributed by atoms with Crippen molar-refractivity contribution in [1.29, 1.82) is 0 Å². The number of ether oxygens (including phenoxy) is 1. The van der Waals surface area contributed by atoms with Crippen molar-refractivity contribution in [2.45, 2.75) is 12.5 Å². The average Bonchev–Trinajstić information content (AvgIpc) is 2.75. The summed E-state index contributed by atoms with van der Waals surface area (Å²) in [6.07, 6.45) is 2.62. The van der Waals surface area contributed by atoms with Crippen molar-refractivity contribution in [2.24, 2.45) is 0 Å². The molecule has 3 rings (SSSR count). The van der Waals surface area contributed by atoms with E-state index in [4.69, 9.17) is 10.5 Å². The molecular formula is C12H13N3OS. The predicted molar refractivity (Wildman–Crippen MR) is 69.4 cm³/mol. The minimum absolute atomic E-state index is 0.255. The highest BCUT2D eigenvalue weighted by molar-refractivity contribution is 7.19. The van der Waals surface area contributed by atoms with Gasteiger partial charge in [0.1, 0.15) is 10.8 Å². The van der Waals surface area contributed by atoms with Crippen molar-refractivity contribution >= 4 is 21.5 Å². The minimum atomic E-state index is 0.255. The maximum atomic E-state index is 5.67. The number of thiazole rings is 1. The van der Waals surface area contributed by atoms with Crippen LogP contribution in [-0.2, 0) is 0 Å². The second-order valence-electron chi connectivity index (χ2n) is 3.94. The van der Waals surface area contributed by atoms with Crippen LogP contribution in [-0.4, -0.2) is 11.6 Å². The van der Waals surface area contributed by atoms with Crippen LogP contribution < -0.4 is 15.8 Å². The molecule has 0 bridgehead atoms. The highest BCUT2D eigenvalue weighted by Crippen LogP contribution is 2.35. The van der Waals surface area contributed by atoms with Gasteiger partial charge in [-0.1, -0.05) is 29.5 Å². The van der Waals surface area contributed by atoms with Crippen LogP contribution in [0.15, 0.2) is 30.5 Å². The van der Waals surface area contributed by atoms with E-state index in [0.29, 0.717) is 0 Å². The average molecular weight is 247 g/mol. The second-order valence-corrected chi connectivity index (χ2v) is 5.00. The van der Waals surface area contributed by atoms with Crippen LogP contribution in [0.2, 0.25) is 0 Å². The smallest absolute Gasteiger partial charge is 0.185 e. The van der Waals surface area contributed by atoms with E-state index in [1.165, 1.54) is 16.9 Å². The fraction of sp³-hybridized carbons (Fsp3) is 0.250. The Hall–Kier alpha value is -1.75. The molecule has 2 heterocycles. The molecule has 0 fully saturated rings. The van der Waals surface area contributed by atoms with Crippen LogP contribution in [0.5, 0.6) is 5.75 Å². The minimum Gasteiger partial charge on any atom is -0.493 e. The van der Waals surface area contributed by atoms with Gasteiger partial charge in [0.25, 0.3) is 0 Å². The third-order valence-corrected chi connectivity index (χ3v) is 3.54. The molecular weight excluding hydrogens is 234 g/mol. The van der Waals surface area contributed by atoms with Gasteiger partial charge >= 0.3 is 0 Å². The van der Waals surface area contributed by atoms with Crippen molar-refractivity contribution in [3.05, 3.63) is 36.0 Å². The zero-order valence-corrected chi connectivity index (χ0v) is 10.0. The summed E-state index contributed by atoms with van der Waals surface area (Å²) in [4.78, 5) is 4.22. The molecule has 5 heteroatoms. The molecule has 3 N–H and O–H groups in total. The Kier molecular flexibility index (Phi) is 2.60. The second kappa shape index (κ2) is 4.25. The molecule has 0 amide bonds. The molecule has 0 saturated carbocycles. The van der Waals surface area contributed by atoms with Crippen LogP contribution in [0.1, 0.15) is 18.0 Å². The Morgan fingerprint density at radius 1 is 1.41 bits per heavy atom. The molecule has 1 atom stereocenters. The van der Waals surface area contributed by atoms with Crippen molar-refractivity contribution in [1.82, 2.24) is 4.98 Å². The van der Waals surface area contributed by atoms with E-state index >= 15 is 0 Å². The van der Waals surface area contributed by atoms with Gasteiger partial charge in [-0.25, -0.2) is 4.98 Å². The summed E-state index contributed by atoms with van der Waals surface area (Å²) in [5, 5.41) is 5.00. The van der Waals surface area contributed by atoms with Gasteiger partial charge in [0.2, 0.25) is 0 Å². The van der Waals surface area contributed by atoms with E-state index in [9.17, 15) is 0 Å². The molecule has 0 saturated heterocycles. The summed E-state index contributed by atoms with van der Waals surface area (Å²) >= 11 is 1.47. The van der Waals surface area contributed by atoms with E-state index in [1.54, 1.807) is 6.20 Å². The quantitative estimate of drug-likeness (QED) is 0.856. The maximum Gasteiger partial charge on any atom is 0.185 e. The maximum absolute atomic E-state index is 5.67. The summed E-state index contributed by atoms with van der Waals surface area (Å²) in [6.45, 7) is 0.732. The number of benzene rings is 1. The first kappa shape index (κ1) is 10.4. The fourth-order valence-electron chi connectivity index (χ4n) is 1.99. The van der Waals surface area contributed by atoms with Gasteiger partial charge in [-0.2, -0.15) is 0 Å². The molecule has 2 aromatic rings. The normalized spacial score (nSPS) is 18.2. The lowest BCUT2D eigenvalue weighted by Crippen LogP contribution is -2.20. The van der Waals surface area contributed by atoms with E-state index in [-0.39, 0.29) is 6.04 Å². The highest BCUT2D eigenvalue weighted by atomic mass is 32.1. The molecule has 1 unspecified atom stereocenters. The molecule has 1 aromatic heterocycles. The number of aromatic nitrogens is 1. The number of nitrogens with two attached hydrogens (primary N) is 1. The van der Waals surface area contributed by atoms with Crippen molar-refractivity contribution < 1.29 is 4.74 Å². The molecule has 0 spiro atoms. The summed E-state index contributed by atoms with van der Waals surface area (Å²) in [5.74, 6) is 0.959. The number of nitrogen functional groups attached to an aromatic ring is 1. The van der Waals surface area contributed by atoms with Crippen LogP contribution in [0.3, 0.4) is 0 Å². The lowest BCUT2D eigenvalue weighted by Gasteiger charge is -2.26. The Balaban J connectivity index is 1.85. The van der Waals surface area contributed by atoms with Crippen LogP contribution in [0.25, 0.3) is 0 Å². The number of nitrogens with zero attached hydrogens (tertiary/aromatic N) is 1. The standard InChI is InChI=1S/C12H13N3OS/c13-11-7-14-12(17-11)15-9-5-6-16-10-4-2-1-3-8(9)10/h1-4,7,9H,5-6,13H2,(H,14,15). The molecule has 1 aliphatic rings. The van der Waals surface area contributed by atoms with Gasteiger partial charge in [-0.15, -0.1) is 0 Å². The first-order valence-corrected chi connectivity index (χ1v) is 6.34. The molecule has 4 nitrogen and oxygen atoms in total. The summed E-state index contributed by atoms with van der Waals surface area (Å²) < 4.78 is 5.61. The highest BCUT2D eigenvalue weighted by Gasteiger charge is 2.21. The molecule has 88 valence electrons. The number of hydrogen-bond donors (Lipinski definition) is 2. The van der Waals surface area contributed by atoms with Crippen molar-refractivity contribution in [3.8, 4) is 5.75 Å². The van der Waals surface area contributed by atoms with Crippen molar-refractivity contribution in [3.63, 3.8) is 0 Å². The predicted octanol–water partition coefficient (Wildman–Crippen LogP) is 2.66.